The summed E-state index contributed by atoms with van der Waals surface area (Å²) in [5, 5.41) is 2.99. The van der Waals surface area contributed by atoms with E-state index in [2.05, 4.69) is 27.3 Å². The predicted molar refractivity (Wildman–Crippen MR) is 134 cm³/mol. The SMILES string of the molecule is CC(=O)NC1CCN(Cc2ccc(C)c(-c3ccc4c(n3)N(C)S(=O)(=O)N4CC3CC3(F)F)c2)CC1. The molecule has 36 heavy (non-hydrogen) atoms. The van der Waals surface area contributed by atoms with E-state index in [9.17, 15) is 22.0 Å². The molecule has 1 amide bonds. The van der Waals surface area contributed by atoms with Crippen molar-refractivity contribution in [3.63, 3.8) is 0 Å². The first kappa shape index (κ1) is 24.9. The third-order valence-electron chi connectivity index (χ3n) is 7.37. The number of fused-ring (bicyclic) bond motifs is 1. The van der Waals surface area contributed by atoms with Gasteiger partial charge in [-0.15, -0.1) is 0 Å². The highest BCUT2D eigenvalue weighted by atomic mass is 32.2. The minimum atomic E-state index is -3.94. The van der Waals surface area contributed by atoms with Gasteiger partial charge in [0, 0.05) is 64.1 Å². The van der Waals surface area contributed by atoms with Crippen molar-refractivity contribution in [2.75, 3.05) is 35.3 Å². The summed E-state index contributed by atoms with van der Waals surface area (Å²) in [6, 6.07) is 9.85. The third-order valence-corrected chi connectivity index (χ3v) is 9.13. The van der Waals surface area contributed by atoms with Gasteiger partial charge in [0.15, 0.2) is 5.82 Å². The predicted octanol–water partition coefficient (Wildman–Crippen LogP) is 3.31. The lowest BCUT2D eigenvalue weighted by molar-refractivity contribution is -0.120. The van der Waals surface area contributed by atoms with Gasteiger partial charge in [-0.1, -0.05) is 12.1 Å². The quantitative estimate of drug-likeness (QED) is 0.633. The van der Waals surface area contributed by atoms with Crippen molar-refractivity contribution < 1.29 is 22.0 Å². The number of hydrogen-bond donors (Lipinski definition) is 1. The minimum Gasteiger partial charge on any atom is -0.354 e. The Morgan fingerprint density at radius 1 is 1.19 bits per heavy atom. The smallest absolute Gasteiger partial charge is 0.327 e. The van der Waals surface area contributed by atoms with Gasteiger partial charge in [0.05, 0.1) is 11.4 Å². The van der Waals surface area contributed by atoms with Crippen LogP contribution in [0.4, 0.5) is 20.3 Å². The third kappa shape index (κ3) is 4.66. The number of rotatable bonds is 6. The van der Waals surface area contributed by atoms with E-state index in [1.165, 1.54) is 7.05 Å². The second kappa shape index (κ2) is 8.95. The maximum atomic E-state index is 13.5. The Hall–Kier alpha value is -2.79. The van der Waals surface area contributed by atoms with Crippen LogP contribution in [0.5, 0.6) is 0 Å². The van der Waals surface area contributed by atoms with Crippen molar-refractivity contribution in [3.05, 3.63) is 41.5 Å². The number of carbonyl (C=O) groups excluding carboxylic acids is 1. The molecule has 2 aliphatic heterocycles. The molecule has 1 N–H and O–H groups in total. The van der Waals surface area contributed by atoms with Crippen LogP contribution in [0, 0.1) is 12.8 Å². The van der Waals surface area contributed by atoms with Crippen molar-refractivity contribution in [1.29, 1.82) is 0 Å². The number of nitrogens with zero attached hydrogens (tertiary/aromatic N) is 4. The summed E-state index contributed by atoms with van der Waals surface area (Å²) in [6.45, 7) is 5.83. The summed E-state index contributed by atoms with van der Waals surface area (Å²) < 4.78 is 55.0. The first-order valence-corrected chi connectivity index (χ1v) is 13.6. The summed E-state index contributed by atoms with van der Waals surface area (Å²) >= 11 is 0. The molecule has 1 unspecified atom stereocenters. The molecule has 1 aliphatic carbocycles. The lowest BCUT2D eigenvalue weighted by Crippen LogP contribution is -2.43. The van der Waals surface area contributed by atoms with E-state index in [1.807, 2.05) is 13.0 Å². The summed E-state index contributed by atoms with van der Waals surface area (Å²) in [6.07, 6.45) is 1.53. The molecule has 11 heteroatoms. The molecule has 3 aliphatic rings. The maximum Gasteiger partial charge on any atom is 0.327 e. The van der Waals surface area contributed by atoms with Gasteiger partial charge in [-0.2, -0.15) is 8.42 Å². The number of aromatic nitrogens is 1. The second-order valence-corrected chi connectivity index (χ2v) is 12.0. The molecule has 1 atom stereocenters. The molecule has 0 bridgehead atoms. The van der Waals surface area contributed by atoms with Crippen LogP contribution in [0.2, 0.25) is 0 Å². The van der Waals surface area contributed by atoms with Gasteiger partial charge in [0.2, 0.25) is 5.91 Å². The van der Waals surface area contributed by atoms with Crippen LogP contribution in [0.1, 0.15) is 37.3 Å². The normalized spacial score (nSPS) is 23.0. The molecule has 1 saturated carbocycles. The first-order valence-electron chi connectivity index (χ1n) is 12.2. The number of nitrogens with one attached hydrogen (secondary N) is 1. The zero-order valence-electron chi connectivity index (χ0n) is 20.7. The second-order valence-electron chi connectivity index (χ2n) is 10.1. The van der Waals surface area contributed by atoms with E-state index < -0.39 is 22.0 Å². The van der Waals surface area contributed by atoms with E-state index in [0.717, 1.165) is 57.8 Å². The molecule has 3 heterocycles. The average molecular weight is 520 g/mol. The number of pyridine rings is 1. The number of benzene rings is 1. The van der Waals surface area contributed by atoms with Gasteiger partial charge in [0.1, 0.15) is 0 Å². The fourth-order valence-electron chi connectivity index (χ4n) is 5.08. The number of alkyl halides is 2. The number of piperidine rings is 1. The Balaban J connectivity index is 1.35. The number of aryl methyl sites for hydroxylation is 1. The van der Waals surface area contributed by atoms with Crippen LogP contribution in [0.15, 0.2) is 30.3 Å². The van der Waals surface area contributed by atoms with Crippen molar-refractivity contribution in [1.82, 2.24) is 15.2 Å². The number of likely N-dealkylation sites (tertiary alicyclic amines) is 1. The summed E-state index contributed by atoms with van der Waals surface area (Å²) in [5.41, 5.74) is 4.00. The average Bonchev–Trinajstić information content (AvgIpc) is 3.38. The van der Waals surface area contributed by atoms with Crippen molar-refractivity contribution in [3.8, 4) is 11.3 Å². The minimum absolute atomic E-state index is 0.00511. The molecular weight excluding hydrogens is 488 g/mol. The molecule has 0 radical (unpaired) electrons. The topological polar surface area (TPSA) is 85.9 Å². The number of amides is 1. The maximum absolute atomic E-state index is 13.5. The zero-order valence-corrected chi connectivity index (χ0v) is 21.5. The fourth-order valence-corrected chi connectivity index (χ4v) is 6.49. The largest absolute Gasteiger partial charge is 0.354 e. The molecule has 0 spiro atoms. The van der Waals surface area contributed by atoms with Crippen LogP contribution in [-0.4, -0.2) is 62.9 Å². The molecular formula is C25H31F2N5O3S. The molecule has 1 aromatic carbocycles. The Morgan fingerprint density at radius 2 is 1.89 bits per heavy atom. The Kier molecular flexibility index (Phi) is 6.19. The van der Waals surface area contributed by atoms with Gasteiger partial charge < -0.3 is 5.32 Å². The van der Waals surface area contributed by atoms with Gasteiger partial charge in [0.25, 0.3) is 5.92 Å². The van der Waals surface area contributed by atoms with E-state index in [4.69, 9.17) is 0 Å². The Bertz CT molecular complexity index is 1290. The molecule has 2 fully saturated rings. The van der Waals surface area contributed by atoms with E-state index in [1.54, 1.807) is 19.1 Å². The van der Waals surface area contributed by atoms with Gasteiger partial charge >= 0.3 is 10.2 Å². The van der Waals surface area contributed by atoms with E-state index in [-0.39, 0.29) is 30.7 Å². The van der Waals surface area contributed by atoms with Gasteiger partial charge in [-0.3, -0.25) is 9.69 Å². The Morgan fingerprint density at radius 3 is 2.53 bits per heavy atom. The molecule has 1 saturated heterocycles. The number of hydrogen-bond acceptors (Lipinski definition) is 5. The van der Waals surface area contributed by atoms with Crippen LogP contribution in [0.3, 0.4) is 0 Å². The van der Waals surface area contributed by atoms with Crippen LogP contribution < -0.4 is 13.9 Å². The molecule has 2 aromatic rings. The van der Waals surface area contributed by atoms with Gasteiger partial charge in [-0.05, 0) is 49.1 Å². The summed E-state index contributed by atoms with van der Waals surface area (Å²) in [7, 11) is -2.53. The standard InChI is InChI=1S/C25H31F2N5O3S/c1-16-4-5-18(14-31-10-8-20(9-11-31)28-17(2)33)12-21(16)22-6-7-23-24(29-22)30(3)36(34,35)32(23)15-19-13-25(19,26)27/h4-7,12,19-20H,8-11,13-15H2,1-3H3,(H,28,33). The summed E-state index contributed by atoms with van der Waals surface area (Å²) in [5.74, 6) is -3.51. The van der Waals surface area contributed by atoms with Crippen LogP contribution in [0.25, 0.3) is 11.3 Å². The van der Waals surface area contributed by atoms with Crippen LogP contribution >= 0.6 is 0 Å². The van der Waals surface area contributed by atoms with Crippen LogP contribution in [-0.2, 0) is 21.5 Å². The van der Waals surface area contributed by atoms with E-state index >= 15 is 0 Å². The number of halogens is 2. The summed E-state index contributed by atoms with van der Waals surface area (Å²) in [4.78, 5) is 18.3. The molecule has 194 valence electrons. The highest BCUT2D eigenvalue weighted by molar-refractivity contribution is 7.94. The van der Waals surface area contributed by atoms with Crippen molar-refractivity contribution in [2.24, 2.45) is 5.92 Å². The lowest BCUT2D eigenvalue weighted by Gasteiger charge is -2.32. The zero-order chi connectivity index (χ0) is 25.8. The molecule has 8 nitrogen and oxygen atoms in total. The highest BCUT2D eigenvalue weighted by Crippen LogP contribution is 2.51. The fraction of sp³-hybridized carbons (Fsp3) is 0.520. The lowest BCUT2D eigenvalue weighted by atomic mass is 10.00. The Labute approximate surface area is 210 Å². The van der Waals surface area contributed by atoms with E-state index in [0.29, 0.717) is 11.4 Å². The highest BCUT2D eigenvalue weighted by Gasteiger charge is 2.59. The number of anilines is 2. The number of carbonyl (C=O) groups is 1. The molecule has 1 aromatic heterocycles. The molecule has 5 rings (SSSR count). The van der Waals surface area contributed by atoms with Crippen molar-refractivity contribution >= 4 is 27.6 Å². The van der Waals surface area contributed by atoms with Crippen molar-refractivity contribution in [2.45, 2.75) is 51.6 Å². The van der Waals surface area contributed by atoms with Gasteiger partial charge in [-0.25, -0.2) is 22.4 Å². The monoisotopic (exact) mass is 519 g/mol. The first-order chi connectivity index (χ1) is 17.0.